The van der Waals surface area contributed by atoms with E-state index < -0.39 is 32.2 Å². The van der Waals surface area contributed by atoms with Crippen LogP contribution < -0.4 is 9.44 Å². The van der Waals surface area contributed by atoms with Crippen LogP contribution >= 0.6 is 11.6 Å². The molecule has 0 spiro atoms. The highest BCUT2D eigenvalue weighted by molar-refractivity contribution is 7.89. The molecule has 1 fully saturated rings. The minimum Gasteiger partial charge on any atom is -0.394 e. The first-order valence-corrected chi connectivity index (χ1v) is 13.6. The average Bonchev–Trinajstić information content (AvgIpc) is 2.75. The number of halogens is 1. The molecular formula is C21H27ClN2O6S2. The van der Waals surface area contributed by atoms with Crippen molar-refractivity contribution in [2.24, 2.45) is 0 Å². The van der Waals surface area contributed by atoms with Crippen molar-refractivity contribution in [3.8, 4) is 0 Å². The topological polar surface area (TPSA) is 122 Å². The molecule has 0 bridgehead atoms. The molecule has 3 rings (SSSR count). The number of sulfonamides is 2. The minimum absolute atomic E-state index is 0.0361. The summed E-state index contributed by atoms with van der Waals surface area (Å²) in [7, 11) is -7.51. The van der Waals surface area contributed by atoms with Crippen molar-refractivity contribution < 1.29 is 26.7 Å². The number of hydrogen-bond acceptors (Lipinski definition) is 6. The first-order valence-electron chi connectivity index (χ1n) is 10.2. The zero-order chi connectivity index (χ0) is 23.4. The molecule has 2 aromatic carbocycles. The number of benzene rings is 2. The molecule has 0 aromatic heterocycles. The van der Waals surface area contributed by atoms with Gasteiger partial charge in [0.05, 0.1) is 34.8 Å². The lowest BCUT2D eigenvalue weighted by molar-refractivity contribution is -0.0869. The predicted octanol–water partition coefficient (Wildman–Crippen LogP) is 2.20. The van der Waals surface area contributed by atoms with Crippen LogP contribution in [-0.4, -0.2) is 53.3 Å². The second-order valence-corrected chi connectivity index (χ2v) is 11.6. The van der Waals surface area contributed by atoms with Crippen LogP contribution in [0.1, 0.15) is 24.8 Å². The maximum Gasteiger partial charge on any atom is 0.242 e. The van der Waals surface area contributed by atoms with E-state index in [9.17, 15) is 21.9 Å². The highest BCUT2D eigenvalue weighted by atomic mass is 35.5. The molecule has 3 atom stereocenters. The molecular weight excluding hydrogens is 476 g/mol. The van der Waals surface area contributed by atoms with Crippen molar-refractivity contribution in [3.63, 3.8) is 0 Å². The Bertz CT molecular complexity index is 1120. The fourth-order valence-electron chi connectivity index (χ4n) is 3.56. The first kappa shape index (κ1) is 25.1. The van der Waals surface area contributed by atoms with Gasteiger partial charge in [0.15, 0.2) is 0 Å². The van der Waals surface area contributed by atoms with Crippen molar-refractivity contribution in [1.29, 1.82) is 0 Å². The van der Waals surface area contributed by atoms with Crippen LogP contribution in [-0.2, 0) is 24.8 Å². The highest BCUT2D eigenvalue weighted by Crippen LogP contribution is 2.25. The zero-order valence-corrected chi connectivity index (χ0v) is 20.0. The molecule has 8 nitrogen and oxygen atoms in total. The third-order valence-corrected chi connectivity index (χ3v) is 8.78. The Morgan fingerprint density at radius 3 is 2.38 bits per heavy atom. The average molecular weight is 503 g/mol. The molecule has 176 valence electrons. The van der Waals surface area contributed by atoms with Gasteiger partial charge in [0.1, 0.15) is 4.90 Å². The van der Waals surface area contributed by atoms with Gasteiger partial charge in [-0.2, -0.15) is 0 Å². The number of aliphatic hydroxyl groups is 1. The van der Waals surface area contributed by atoms with E-state index in [1.807, 2.05) is 6.92 Å². The van der Waals surface area contributed by atoms with Gasteiger partial charge in [0, 0.05) is 6.54 Å². The van der Waals surface area contributed by atoms with Crippen LogP contribution in [0, 0.1) is 6.92 Å². The number of ether oxygens (including phenoxy) is 1. The van der Waals surface area contributed by atoms with Crippen molar-refractivity contribution in [1.82, 2.24) is 9.44 Å². The Hall–Kier alpha value is -1.53. The Morgan fingerprint density at radius 2 is 1.72 bits per heavy atom. The number of rotatable bonds is 9. The largest absolute Gasteiger partial charge is 0.394 e. The molecule has 1 heterocycles. The first-order chi connectivity index (χ1) is 15.1. The minimum atomic E-state index is -3.89. The van der Waals surface area contributed by atoms with E-state index in [1.165, 1.54) is 12.1 Å². The SMILES string of the molecule is Cc1ccc(S(=O)(=O)NCC[C@H]2CC[C@@H](NS(=O)(=O)c3ccccc3Cl)[C@H](CO)O2)cc1. The molecule has 0 amide bonds. The molecule has 1 aliphatic rings. The van der Waals surface area contributed by atoms with E-state index in [4.69, 9.17) is 16.3 Å². The number of aliphatic hydroxyl groups excluding tert-OH is 1. The van der Waals surface area contributed by atoms with Crippen LogP contribution in [0.25, 0.3) is 0 Å². The normalized spacial score (nSPS) is 22.0. The van der Waals surface area contributed by atoms with Crippen LogP contribution in [0.4, 0.5) is 0 Å². The fraction of sp³-hybridized carbons (Fsp3) is 0.429. The van der Waals surface area contributed by atoms with Crippen molar-refractivity contribution in [3.05, 3.63) is 59.1 Å². The van der Waals surface area contributed by atoms with E-state index in [1.54, 1.807) is 36.4 Å². The van der Waals surface area contributed by atoms with Gasteiger partial charge < -0.3 is 9.84 Å². The molecule has 0 aliphatic carbocycles. The lowest BCUT2D eigenvalue weighted by Crippen LogP contribution is -2.51. The van der Waals surface area contributed by atoms with Gasteiger partial charge in [-0.05, 0) is 50.5 Å². The molecule has 1 aliphatic heterocycles. The van der Waals surface area contributed by atoms with Gasteiger partial charge in [0.2, 0.25) is 20.0 Å². The maximum absolute atomic E-state index is 12.7. The monoisotopic (exact) mass is 502 g/mol. The van der Waals surface area contributed by atoms with Gasteiger partial charge in [-0.15, -0.1) is 0 Å². The molecule has 32 heavy (non-hydrogen) atoms. The quantitative estimate of drug-likeness (QED) is 0.483. The van der Waals surface area contributed by atoms with E-state index in [0.717, 1.165) is 5.56 Å². The van der Waals surface area contributed by atoms with Crippen LogP contribution in [0.2, 0.25) is 5.02 Å². The zero-order valence-electron chi connectivity index (χ0n) is 17.6. The Morgan fingerprint density at radius 1 is 1.03 bits per heavy atom. The number of aryl methyl sites for hydroxylation is 1. The van der Waals surface area contributed by atoms with E-state index >= 15 is 0 Å². The van der Waals surface area contributed by atoms with E-state index in [2.05, 4.69) is 9.44 Å². The van der Waals surface area contributed by atoms with Gasteiger partial charge in [-0.25, -0.2) is 26.3 Å². The summed E-state index contributed by atoms with van der Waals surface area (Å²) in [6, 6.07) is 12.0. The third kappa shape index (κ3) is 6.28. The second kappa shape index (κ2) is 10.6. The summed E-state index contributed by atoms with van der Waals surface area (Å²) >= 11 is 6.01. The third-order valence-electron chi connectivity index (χ3n) is 5.32. The lowest BCUT2D eigenvalue weighted by atomic mass is 9.98. The Balaban J connectivity index is 1.55. The summed E-state index contributed by atoms with van der Waals surface area (Å²) in [6.45, 7) is 1.67. The van der Waals surface area contributed by atoms with Crippen LogP contribution in [0.3, 0.4) is 0 Å². The summed E-state index contributed by atoms with van der Waals surface area (Å²) in [6.07, 6.45) is 0.280. The molecule has 0 saturated carbocycles. The fourth-order valence-corrected chi connectivity index (χ4v) is 6.43. The highest BCUT2D eigenvalue weighted by Gasteiger charge is 2.34. The second-order valence-electron chi connectivity index (χ2n) is 7.71. The van der Waals surface area contributed by atoms with Gasteiger partial charge in [-0.3, -0.25) is 0 Å². The van der Waals surface area contributed by atoms with Crippen molar-refractivity contribution in [2.45, 2.75) is 54.2 Å². The van der Waals surface area contributed by atoms with Gasteiger partial charge in [0.25, 0.3) is 0 Å². The van der Waals surface area contributed by atoms with Crippen LogP contribution in [0.15, 0.2) is 58.3 Å². The molecule has 3 N–H and O–H groups in total. The summed E-state index contributed by atoms with van der Waals surface area (Å²) in [4.78, 5) is 0.154. The van der Waals surface area contributed by atoms with Gasteiger partial charge in [-0.1, -0.05) is 41.4 Å². The van der Waals surface area contributed by atoms with Crippen molar-refractivity contribution in [2.75, 3.05) is 13.2 Å². The summed E-state index contributed by atoms with van der Waals surface area (Å²) in [5.74, 6) is 0. The Kier molecular flexibility index (Phi) is 8.31. The Labute approximate surface area is 194 Å². The summed E-state index contributed by atoms with van der Waals surface area (Å²) in [5.41, 5.74) is 0.967. The number of nitrogens with one attached hydrogen (secondary N) is 2. The van der Waals surface area contributed by atoms with Crippen molar-refractivity contribution >= 4 is 31.6 Å². The molecule has 11 heteroatoms. The summed E-state index contributed by atoms with van der Waals surface area (Å²) < 4.78 is 61.2. The van der Waals surface area contributed by atoms with E-state index in [0.29, 0.717) is 19.3 Å². The lowest BCUT2D eigenvalue weighted by Gasteiger charge is -2.36. The number of hydrogen-bond donors (Lipinski definition) is 3. The standard InChI is InChI=1S/C21H27ClN2O6S2/c1-15-6-9-17(10-7-15)31(26,27)23-13-12-16-8-11-19(20(14-25)30-16)24-32(28,29)21-5-3-2-4-18(21)22/h2-7,9-10,16,19-20,23-25H,8,11-14H2,1H3/t16-,19-,20+/m1/s1. The summed E-state index contributed by atoms with van der Waals surface area (Å²) in [5, 5.41) is 9.84. The maximum atomic E-state index is 12.7. The molecule has 0 unspecified atom stereocenters. The van der Waals surface area contributed by atoms with Crippen LogP contribution in [0.5, 0.6) is 0 Å². The van der Waals surface area contributed by atoms with E-state index in [-0.39, 0.29) is 34.1 Å². The predicted molar refractivity (Wildman–Crippen MR) is 122 cm³/mol. The van der Waals surface area contributed by atoms with Gasteiger partial charge >= 0.3 is 0 Å². The molecule has 1 saturated heterocycles. The molecule has 0 radical (unpaired) electrons. The molecule has 2 aromatic rings. The smallest absolute Gasteiger partial charge is 0.242 e.